The quantitative estimate of drug-likeness (QED) is 0.0261. The lowest BCUT2D eigenvalue weighted by Gasteiger charge is -2.18. The van der Waals surface area contributed by atoms with Gasteiger partial charge in [-0.2, -0.15) is 0 Å². The number of carbonyl (C=O) groups excluding carboxylic acids is 3. The van der Waals surface area contributed by atoms with Gasteiger partial charge in [0.2, 0.25) is 0 Å². The minimum absolute atomic E-state index is 0.103. The first-order valence-corrected chi connectivity index (χ1v) is 30.7. The number of rotatable bonds is 55. The molecule has 73 heavy (non-hydrogen) atoms. The molecule has 0 amide bonds. The number of esters is 3. The summed E-state index contributed by atoms with van der Waals surface area (Å²) < 4.78 is 16.8. The summed E-state index contributed by atoms with van der Waals surface area (Å²) in [7, 11) is 0. The molecule has 0 aliphatic heterocycles. The van der Waals surface area contributed by atoms with Crippen LogP contribution < -0.4 is 0 Å². The lowest BCUT2D eigenvalue weighted by molar-refractivity contribution is -0.166. The summed E-state index contributed by atoms with van der Waals surface area (Å²) in [6.45, 7) is 6.47. The van der Waals surface area contributed by atoms with Crippen molar-refractivity contribution < 1.29 is 28.6 Å². The summed E-state index contributed by atoms with van der Waals surface area (Å²) in [6, 6.07) is 0. The molecule has 6 heteroatoms. The molecule has 0 saturated heterocycles. The maximum absolute atomic E-state index is 12.9. The molecule has 0 fully saturated rings. The highest BCUT2D eigenvalue weighted by atomic mass is 16.6. The van der Waals surface area contributed by atoms with E-state index < -0.39 is 6.10 Å². The third kappa shape index (κ3) is 59.1. The van der Waals surface area contributed by atoms with Crippen LogP contribution in [0, 0.1) is 0 Å². The Bertz CT molecular complexity index is 1440. The van der Waals surface area contributed by atoms with Gasteiger partial charge in [-0.1, -0.05) is 259 Å². The fourth-order valence-electron chi connectivity index (χ4n) is 8.46. The fraction of sp³-hybridized carbons (Fsp3) is 0.716. The number of hydrogen-bond acceptors (Lipinski definition) is 6. The molecule has 0 radical (unpaired) electrons. The van der Waals surface area contributed by atoms with Crippen LogP contribution in [0.1, 0.15) is 290 Å². The van der Waals surface area contributed by atoms with E-state index in [9.17, 15) is 14.4 Å². The van der Waals surface area contributed by atoms with Crippen molar-refractivity contribution in [3.8, 4) is 0 Å². The number of ether oxygens (including phenoxy) is 3. The maximum Gasteiger partial charge on any atom is 0.306 e. The van der Waals surface area contributed by atoms with Gasteiger partial charge in [-0.25, -0.2) is 0 Å². The Hall–Kier alpha value is -3.67. The van der Waals surface area contributed by atoms with Crippen LogP contribution in [-0.4, -0.2) is 37.2 Å². The Labute approximate surface area is 451 Å². The smallest absolute Gasteiger partial charge is 0.306 e. The predicted molar refractivity (Wildman–Crippen MR) is 316 cm³/mol. The second-order valence-corrected chi connectivity index (χ2v) is 20.2. The number of unbranched alkanes of at least 4 members (excludes halogenated alkanes) is 28. The van der Waals surface area contributed by atoms with Gasteiger partial charge in [0, 0.05) is 19.3 Å². The molecule has 0 N–H and O–H groups in total. The summed E-state index contributed by atoms with van der Waals surface area (Å²) in [5, 5.41) is 0. The zero-order valence-electron chi connectivity index (χ0n) is 47.9. The lowest BCUT2D eigenvalue weighted by atomic mass is 10.1. The van der Waals surface area contributed by atoms with Crippen molar-refractivity contribution in [3.05, 3.63) is 97.2 Å². The van der Waals surface area contributed by atoms with Crippen molar-refractivity contribution in [3.63, 3.8) is 0 Å². The summed E-state index contributed by atoms with van der Waals surface area (Å²) >= 11 is 0. The highest BCUT2D eigenvalue weighted by Crippen LogP contribution is 2.15. The number of carbonyl (C=O) groups is 3. The van der Waals surface area contributed by atoms with Gasteiger partial charge in [-0.15, -0.1) is 0 Å². The Morgan fingerprint density at radius 2 is 0.562 bits per heavy atom. The van der Waals surface area contributed by atoms with Crippen molar-refractivity contribution in [2.75, 3.05) is 13.2 Å². The van der Waals surface area contributed by atoms with Crippen LogP contribution >= 0.6 is 0 Å². The average molecular weight is 1020 g/mol. The highest BCUT2D eigenvalue weighted by molar-refractivity contribution is 5.71. The predicted octanol–water partition coefficient (Wildman–Crippen LogP) is 20.9. The van der Waals surface area contributed by atoms with Crippen LogP contribution in [-0.2, 0) is 28.6 Å². The molecule has 0 aliphatic carbocycles. The van der Waals surface area contributed by atoms with Gasteiger partial charge in [0.25, 0.3) is 0 Å². The van der Waals surface area contributed by atoms with Gasteiger partial charge in [0.15, 0.2) is 6.10 Å². The van der Waals surface area contributed by atoms with Gasteiger partial charge in [0.05, 0.1) is 0 Å². The molecule has 0 saturated carbocycles. The number of hydrogen-bond donors (Lipinski definition) is 0. The van der Waals surface area contributed by atoms with E-state index >= 15 is 0 Å². The largest absolute Gasteiger partial charge is 0.462 e. The van der Waals surface area contributed by atoms with Gasteiger partial charge in [-0.3, -0.25) is 14.4 Å². The molecule has 1 atom stereocenters. The first kappa shape index (κ1) is 69.3. The third-order valence-electron chi connectivity index (χ3n) is 13.1. The molecule has 0 rings (SSSR count). The molecule has 418 valence electrons. The number of allylic oxidation sites excluding steroid dienone is 16. The summed E-state index contributed by atoms with van der Waals surface area (Å²) in [5.74, 6) is -0.990. The van der Waals surface area contributed by atoms with Crippen molar-refractivity contribution in [2.24, 2.45) is 0 Å². The van der Waals surface area contributed by atoms with E-state index in [-0.39, 0.29) is 37.5 Å². The third-order valence-corrected chi connectivity index (χ3v) is 13.1. The van der Waals surface area contributed by atoms with Gasteiger partial charge in [-0.05, 0) is 109 Å². The summed E-state index contributed by atoms with van der Waals surface area (Å²) in [5.41, 5.74) is 0. The molecular formula is C67H114O6. The average Bonchev–Trinajstić information content (AvgIpc) is 3.39. The maximum atomic E-state index is 12.9. The van der Waals surface area contributed by atoms with E-state index in [0.717, 1.165) is 77.0 Å². The van der Waals surface area contributed by atoms with Crippen LogP contribution in [0.5, 0.6) is 0 Å². The minimum Gasteiger partial charge on any atom is -0.462 e. The van der Waals surface area contributed by atoms with Crippen LogP contribution in [0.15, 0.2) is 97.2 Å². The topological polar surface area (TPSA) is 78.9 Å². The summed E-state index contributed by atoms with van der Waals surface area (Å²) in [6.07, 6.45) is 81.3. The molecule has 0 heterocycles. The van der Waals surface area contributed by atoms with Crippen LogP contribution in [0.25, 0.3) is 0 Å². The zero-order chi connectivity index (χ0) is 52.9. The van der Waals surface area contributed by atoms with E-state index in [1.54, 1.807) is 0 Å². The van der Waals surface area contributed by atoms with Crippen LogP contribution in [0.4, 0.5) is 0 Å². The van der Waals surface area contributed by atoms with E-state index in [2.05, 4.69) is 112 Å². The lowest BCUT2D eigenvalue weighted by Crippen LogP contribution is -2.30. The standard InChI is InChI=1S/C67H114O6/c1-4-7-10-13-16-19-22-25-28-31-33-36-39-42-45-48-51-54-57-60-66(69)72-63-64(62-71-65(68)59-56-53-50-47-44-41-38-35-30-27-24-21-18-15-12-9-6-3)73-67(70)61-58-55-52-49-46-43-40-37-34-32-29-26-23-20-17-14-11-8-5-2/h7,10,16,19,25-30,33,36,42,45,51,54,64H,4-6,8-9,11-15,17-18,20-24,31-32,34-35,37-41,43-44,46-50,52-53,55-63H2,1-3H3/b10-7-,19-16-,28-25-,29-26-,30-27-,36-33-,45-42-,54-51-/t64-/m0/s1. The van der Waals surface area contributed by atoms with E-state index in [1.165, 1.54) is 167 Å². The van der Waals surface area contributed by atoms with Gasteiger partial charge < -0.3 is 14.2 Å². The van der Waals surface area contributed by atoms with E-state index in [0.29, 0.717) is 19.3 Å². The van der Waals surface area contributed by atoms with Crippen molar-refractivity contribution in [1.82, 2.24) is 0 Å². The zero-order valence-corrected chi connectivity index (χ0v) is 47.9. The second-order valence-electron chi connectivity index (χ2n) is 20.2. The van der Waals surface area contributed by atoms with Gasteiger partial charge in [0.1, 0.15) is 13.2 Å². The molecule has 0 spiro atoms. The molecular weight excluding hydrogens is 901 g/mol. The molecule has 0 aliphatic rings. The molecule has 0 aromatic carbocycles. The minimum atomic E-state index is -0.813. The fourth-order valence-corrected chi connectivity index (χ4v) is 8.46. The van der Waals surface area contributed by atoms with Crippen molar-refractivity contribution in [2.45, 2.75) is 297 Å². The Morgan fingerprint density at radius 1 is 0.288 bits per heavy atom. The Morgan fingerprint density at radius 3 is 0.918 bits per heavy atom. The molecule has 0 aromatic rings. The second kappa shape index (κ2) is 60.9. The van der Waals surface area contributed by atoms with Crippen molar-refractivity contribution in [1.29, 1.82) is 0 Å². The van der Waals surface area contributed by atoms with E-state index in [1.807, 2.05) is 6.08 Å². The monoisotopic (exact) mass is 1010 g/mol. The van der Waals surface area contributed by atoms with Crippen molar-refractivity contribution >= 4 is 17.9 Å². The molecule has 0 bridgehead atoms. The first-order chi connectivity index (χ1) is 36.0. The Balaban J connectivity index is 4.49. The normalized spacial score (nSPS) is 12.8. The molecule has 0 unspecified atom stereocenters. The van der Waals surface area contributed by atoms with Gasteiger partial charge >= 0.3 is 17.9 Å². The highest BCUT2D eigenvalue weighted by Gasteiger charge is 2.19. The first-order valence-electron chi connectivity index (χ1n) is 30.7. The SMILES string of the molecule is CC/C=C\C/C=C\C/C=C\C/C=C\C/C=C\C/C=C\CCC(=O)OC[C@H](COC(=O)CCCCCCCCC/C=C\CCCCCCCC)OC(=O)CCCCCCCCCCC/C=C\CCCCCCCC. The van der Waals surface area contributed by atoms with Crippen LogP contribution in [0.2, 0.25) is 0 Å². The molecule has 6 nitrogen and oxygen atoms in total. The summed E-state index contributed by atoms with van der Waals surface area (Å²) in [4.78, 5) is 38.2. The van der Waals surface area contributed by atoms with Crippen LogP contribution in [0.3, 0.4) is 0 Å². The Kier molecular flexibility index (Phi) is 57.8. The van der Waals surface area contributed by atoms with E-state index in [4.69, 9.17) is 14.2 Å². The molecule has 0 aromatic heterocycles.